The zero-order valence-corrected chi connectivity index (χ0v) is 26.6. The van der Waals surface area contributed by atoms with Crippen LogP contribution in [-0.4, -0.2) is 0 Å². The zero-order valence-electron chi connectivity index (χ0n) is 26.6. The molecule has 0 unspecified atom stereocenters. The van der Waals surface area contributed by atoms with Gasteiger partial charge in [-0.25, -0.2) is 0 Å². The number of hydrogen-bond acceptors (Lipinski definition) is 2. The molecule has 1 aliphatic carbocycles. The lowest BCUT2D eigenvalue weighted by Gasteiger charge is -2.29. The van der Waals surface area contributed by atoms with Crippen molar-refractivity contribution in [2.24, 2.45) is 0 Å². The maximum Gasteiger partial charge on any atom is 0.145 e. The highest BCUT2D eigenvalue weighted by molar-refractivity contribution is 6.18. The first-order chi connectivity index (χ1) is 21.7. The van der Waals surface area contributed by atoms with Crippen LogP contribution in [0.3, 0.4) is 0 Å². The van der Waals surface area contributed by atoms with E-state index in [0.717, 1.165) is 39.0 Å². The largest absolute Gasteiger partial charge is 0.455 e. The molecule has 7 aromatic rings. The predicted molar refractivity (Wildman–Crippen MR) is 190 cm³/mol. The summed E-state index contributed by atoms with van der Waals surface area (Å²) in [5.74, 6) is 0. The molecule has 0 fully saturated rings. The van der Waals surface area contributed by atoms with Crippen LogP contribution in [0, 0.1) is 0 Å². The van der Waals surface area contributed by atoms with Crippen LogP contribution in [0.25, 0.3) is 44.2 Å². The molecule has 0 bridgehead atoms. The molecule has 45 heavy (non-hydrogen) atoms. The summed E-state index contributed by atoms with van der Waals surface area (Å²) in [7, 11) is 0. The second-order valence-corrected chi connectivity index (χ2v) is 13.8. The average Bonchev–Trinajstić information content (AvgIpc) is 3.55. The molecular weight excluding hydrogens is 546 g/mol. The Morgan fingerprint density at radius 1 is 0.600 bits per heavy atom. The summed E-state index contributed by atoms with van der Waals surface area (Å²) in [6, 6.07) is 48.4. The van der Waals surface area contributed by atoms with Crippen LogP contribution in [0.15, 0.2) is 138 Å². The van der Waals surface area contributed by atoms with Gasteiger partial charge >= 0.3 is 0 Å². The molecule has 2 nitrogen and oxygen atoms in total. The van der Waals surface area contributed by atoms with Crippen LogP contribution in [0.5, 0.6) is 0 Å². The molecule has 0 radical (unpaired) electrons. The minimum absolute atomic E-state index is 0.132. The highest BCUT2D eigenvalue weighted by Gasteiger charge is 2.39. The third-order valence-electron chi connectivity index (χ3n) is 9.64. The van der Waals surface area contributed by atoms with E-state index in [0.29, 0.717) is 0 Å². The summed E-state index contributed by atoms with van der Waals surface area (Å²) in [6.07, 6.45) is 0. The first-order valence-electron chi connectivity index (χ1n) is 15.9. The van der Waals surface area contributed by atoms with Crippen molar-refractivity contribution in [3.05, 3.63) is 150 Å². The monoisotopic (exact) mass is 583 g/mol. The van der Waals surface area contributed by atoms with Crippen LogP contribution < -0.4 is 4.90 Å². The minimum atomic E-state index is -0.167. The van der Waals surface area contributed by atoms with Gasteiger partial charge in [0, 0.05) is 27.7 Å². The molecule has 2 heteroatoms. The van der Waals surface area contributed by atoms with E-state index >= 15 is 0 Å². The Bertz CT molecular complexity index is 2190. The molecule has 1 aromatic heterocycles. The SMILES string of the molecule is CC(C)(C)c1ccc(-c2ccc(N(c3ccccc3)c3cc4c(c5oc6ccccc6c35)-c3ccccc3C4(C)C)cc2)cc1. The molecule has 0 saturated carbocycles. The Hall–Kier alpha value is -5.08. The number of furan rings is 1. The lowest BCUT2D eigenvalue weighted by Crippen LogP contribution is -2.16. The van der Waals surface area contributed by atoms with Crippen molar-refractivity contribution < 1.29 is 4.42 Å². The molecule has 220 valence electrons. The molecule has 0 N–H and O–H groups in total. The standard InChI is InChI=1S/C43H37NO/c1-42(2,3)30-23-19-28(20-24-30)29-21-25-32(26-22-29)44(31-13-7-6-8-14-31)37-27-36-39(33-15-9-11-17-35(33)43(36,4)5)41-40(37)34-16-10-12-18-38(34)45-41/h6-27H,1-5H3. The normalized spacial score (nSPS) is 13.6. The van der Waals surface area contributed by atoms with E-state index in [1.807, 2.05) is 0 Å². The number of nitrogens with zero attached hydrogens (tertiary/aromatic N) is 1. The maximum absolute atomic E-state index is 6.79. The van der Waals surface area contributed by atoms with Gasteiger partial charge in [0.25, 0.3) is 0 Å². The van der Waals surface area contributed by atoms with Crippen LogP contribution in [0.2, 0.25) is 0 Å². The van der Waals surface area contributed by atoms with Gasteiger partial charge in [-0.05, 0) is 75.2 Å². The molecule has 1 heterocycles. The summed E-state index contributed by atoms with van der Waals surface area (Å²) >= 11 is 0. The summed E-state index contributed by atoms with van der Waals surface area (Å²) in [4.78, 5) is 2.40. The van der Waals surface area contributed by atoms with Crippen molar-refractivity contribution in [1.29, 1.82) is 0 Å². The van der Waals surface area contributed by atoms with Crippen molar-refractivity contribution in [3.8, 4) is 22.3 Å². The molecule has 0 amide bonds. The second kappa shape index (κ2) is 9.97. The van der Waals surface area contributed by atoms with E-state index in [9.17, 15) is 0 Å². The zero-order chi connectivity index (χ0) is 30.9. The van der Waals surface area contributed by atoms with Gasteiger partial charge in [0.1, 0.15) is 11.2 Å². The van der Waals surface area contributed by atoms with Gasteiger partial charge in [0.15, 0.2) is 0 Å². The average molecular weight is 584 g/mol. The van der Waals surface area contributed by atoms with E-state index < -0.39 is 0 Å². The molecule has 0 aliphatic heterocycles. The highest BCUT2D eigenvalue weighted by Crippen LogP contribution is 2.56. The fourth-order valence-corrected chi connectivity index (χ4v) is 7.18. The van der Waals surface area contributed by atoms with Crippen molar-refractivity contribution in [1.82, 2.24) is 0 Å². The summed E-state index contributed by atoms with van der Waals surface area (Å²) in [6.45, 7) is 11.4. The molecule has 6 aromatic carbocycles. The minimum Gasteiger partial charge on any atom is -0.455 e. The Labute approximate surface area is 265 Å². The Kier molecular flexibility index (Phi) is 6.09. The Morgan fingerprint density at radius 2 is 1.20 bits per heavy atom. The van der Waals surface area contributed by atoms with E-state index in [1.165, 1.54) is 38.9 Å². The van der Waals surface area contributed by atoms with Crippen LogP contribution in [0.1, 0.15) is 51.3 Å². The molecule has 1 aliphatic rings. The number of rotatable bonds is 4. The molecule has 0 spiro atoms. The number of benzene rings is 6. The summed E-state index contributed by atoms with van der Waals surface area (Å²) < 4.78 is 6.79. The fraction of sp³-hybridized carbons (Fsp3) is 0.163. The van der Waals surface area contributed by atoms with Gasteiger partial charge < -0.3 is 9.32 Å². The van der Waals surface area contributed by atoms with Crippen LogP contribution >= 0.6 is 0 Å². The number of hydrogen-bond donors (Lipinski definition) is 0. The lowest BCUT2D eigenvalue weighted by molar-refractivity contribution is 0.590. The van der Waals surface area contributed by atoms with Gasteiger partial charge in [0.05, 0.1) is 11.1 Å². The van der Waals surface area contributed by atoms with E-state index in [4.69, 9.17) is 4.42 Å². The van der Waals surface area contributed by atoms with Crippen molar-refractivity contribution >= 4 is 39.0 Å². The highest BCUT2D eigenvalue weighted by atomic mass is 16.3. The predicted octanol–water partition coefficient (Wildman–Crippen LogP) is 12.3. The van der Waals surface area contributed by atoms with Crippen LogP contribution in [-0.2, 0) is 10.8 Å². The molecule has 8 rings (SSSR count). The molecular formula is C43H37NO. The Balaban J connectivity index is 1.36. The smallest absolute Gasteiger partial charge is 0.145 e. The maximum atomic E-state index is 6.79. The van der Waals surface area contributed by atoms with E-state index in [2.05, 4.69) is 173 Å². The van der Waals surface area contributed by atoms with Gasteiger partial charge in [-0.15, -0.1) is 0 Å². The van der Waals surface area contributed by atoms with E-state index in [-0.39, 0.29) is 10.8 Å². The number of para-hydroxylation sites is 2. The lowest BCUT2D eigenvalue weighted by atomic mass is 9.82. The van der Waals surface area contributed by atoms with Gasteiger partial charge in [-0.1, -0.05) is 132 Å². The molecule has 0 atom stereocenters. The van der Waals surface area contributed by atoms with E-state index in [1.54, 1.807) is 0 Å². The first-order valence-corrected chi connectivity index (χ1v) is 15.9. The molecule has 0 saturated heterocycles. The van der Waals surface area contributed by atoms with Gasteiger partial charge in [0.2, 0.25) is 0 Å². The third-order valence-corrected chi connectivity index (χ3v) is 9.64. The Morgan fingerprint density at radius 3 is 1.91 bits per heavy atom. The topological polar surface area (TPSA) is 16.4 Å². The third kappa shape index (κ3) is 4.31. The summed E-state index contributed by atoms with van der Waals surface area (Å²) in [5, 5.41) is 2.27. The van der Waals surface area contributed by atoms with Crippen molar-refractivity contribution in [3.63, 3.8) is 0 Å². The number of fused-ring (bicyclic) bond motifs is 7. The summed E-state index contributed by atoms with van der Waals surface area (Å²) in [5.41, 5.74) is 14.1. The van der Waals surface area contributed by atoms with Gasteiger partial charge in [-0.2, -0.15) is 0 Å². The van der Waals surface area contributed by atoms with Gasteiger partial charge in [-0.3, -0.25) is 0 Å². The fourth-order valence-electron chi connectivity index (χ4n) is 7.18. The first kappa shape index (κ1) is 27.5. The van der Waals surface area contributed by atoms with Crippen LogP contribution in [0.4, 0.5) is 17.1 Å². The van der Waals surface area contributed by atoms with Crippen molar-refractivity contribution in [2.75, 3.05) is 4.90 Å². The quantitative estimate of drug-likeness (QED) is 0.205. The second-order valence-electron chi connectivity index (χ2n) is 13.8. The number of anilines is 3. The van der Waals surface area contributed by atoms with Crippen molar-refractivity contribution in [2.45, 2.75) is 45.4 Å².